The van der Waals surface area contributed by atoms with Gasteiger partial charge in [-0.3, -0.25) is 4.21 Å². The molecule has 0 amide bonds. The van der Waals surface area contributed by atoms with Crippen LogP contribution in [0.15, 0.2) is 0 Å². The second-order valence-corrected chi connectivity index (χ2v) is 3.67. The van der Waals surface area contributed by atoms with Gasteiger partial charge in [0.25, 0.3) is 0 Å². The molecule has 4 N–H and O–H groups in total. The lowest BCUT2D eigenvalue weighted by Crippen LogP contribution is -2.70. The Bertz CT molecular complexity index is 161. The fourth-order valence-corrected chi connectivity index (χ4v) is 1.43. The zero-order valence-electron chi connectivity index (χ0n) is 5.99. The number of quaternary nitrogens is 1. The summed E-state index contributed by atoms with van der Waals surface area (Å²) in [6.45, 7) is -0.202. The maximum absolute atomic E-state index is 10.8. The van der Waals surface area contributed by atoms with Gasteiger partial charge in [-0.15, -0.1) is 0 Å². The summed E-state index contributed by atoms with van der Waals surface area (Å²) in [6.07, 6.45) is 0. The SMILES string of the molecule is [NH3+][C@@H](C[S@@](=O)CCO)C(=O)[O-]. The van der Waals surface area contributed by atoms with Gasteiger partial charge in [-0.25, -0.2) is 0 Å². The molecule has 0 aliphatic carbocycles. The first-order valence-corrected chi connectivity index (χ1v) is 4.56. The summed E-state index contributed by atoms with van der Waals surface area (Å²) in [4.78, 5) is 10.1. The Morgan fingerprint density at radius 3 is 2.64 bits per heavy atom. The van der Waals surface area contributed by atoms with Crippen molar-refractivity contribution in [2.24, 2.45) is 0 Å². The number of carboxylic acid groups (broad SMARTS) is 1. The molecule has 0 aromatic heterocycles. The van der Waals surface area contributed by atoms with Gasteiger partial charge in [0.15, 0.2) is 0 Å². The number of rotatable bonds is 5. The van der Waals surface area contributed by atoms with E-state index in [2.05, 4.69) is 5.73 Å². The summed E-state index contributed by atoms with van der Waals surface area (Å²) >= 11 is 0. The Labute approximate surface area is 66.7 Å². The van der Waals surface area contributed by atoms with E-state index in [4.69, 9.17) is 5.11 Å². The maximum atomic E-state index is 10.8. The molecule has 66 valence electrons. The monoisotopic (exact) mass is 181 g/mol. The van der Waals surface area contributed by atoms with Gasteiger partial charge in [0.1, 0.15) is 12.0 Å². The predicted molar refractivity (Wildman–Crippen MR) is 36.6 cm³/mol. The lowest BCUT2D eigenvalue weighted by molar-refractivity contribution is -0.431. The fraction of sp³-hybridized carbons (Fsp3) is 0.800. The summed E-state index contributed by atoms with van der Waals surface area (Å²) < 4.78 is 10.8. The van der Waals surface area contributed by atoms with Gasteiger partial charge in [0, 0.05) is 16.6 Å². The summed E-state index contributed by atoms with van der Waals surface area (Å²) in [5, 5.41) is 18.4. The fourth-order valence-electron chi connectivity index (χ4n) is 0.478. The number of hydrogen-bond donors (Lipinski definition) is 2. The van der Waals surface area contributed by atoms with Crippen LogP contribution in [0.4, 0.5) is 0 Å². The van der Waals surface area contributed by atoms with Crippen LogP contribution in [0.3, 0.4) is 0 Å². The summed E-state index contributed by atoms with van der Waals surface area (Å²) in [5.74, 6) is -1.27. The van der Waals surface area contributed by atoms with Gasteiger partial charge in [-0.05, 0) is 0 Å². The molecule has 0 spiro atoms. The van der Waals surface area contributed by atoms with E-state index < -0.39 is 22.8 Å². The Hall–Kier alpha value is -0.460. The van der Waals surface area contributed by atoms with Gasteiger partial charge in [-0.1, -0.05) is 0 Å². The highest BCUT2D eigenvalue weighted by Gasteiger charge is 2.11. The maximum Gasteiger partial charge on any atom is 0.136 e. The molecule has 0 saturated carbocycles. The Morgan fingerprint density at radius 2 is 2.27 bits per heavy atom. The average Bonchev–Trinajstić information content (AvgIpc) is 1.87. The Kier molecular flexibility index (Phi) is 5.01. The number of aliphatic carboxylic acids is 1. The standard InChI is InChI=1S/C5H11NO4S/c6-4(5(8)9)3-11(10)2-1-7/h4,7H,1-3,6H2,(H,8,9)/t4-,11-/m0/s1. The van der Waals surface area contributed by atoms with Crippen molar-refractivity contribution in [1.29, 1.82) is 0 Å². The minimum Gasteiger partial charge on any atom is -0.544 e. The third-order valence-electron chi connectivity index (χ3n) is 1.04. The van der Waals surface area contributed by atoms with Crippen LogP contribution < -0.4 is 10.8 Å². The molecule has 0 saturated heterocycles. The van der Waals surface area contributed by atoms with E-state index in [-0.39, 0.29) is 18.1 Å². The Morgan fingerprint density at radius 1 is 1.73 bits per heavy atom. The molecule has 0 aliphatic heterocycles. The van der Waals surface area contributed by atoms with Crippen molar-refractivity contribution < 1.29 is 25.0 Å². The van der Waals surface area contributed by atoms with E-state index >= 15 is 0 Å². The smallest absolute Gasteiger partial charge is 0.136 e. The number of carbonyl (C=O) groups is 1. The molecule has 0 bridgehead atoms. The molecule has 0 heterocycles. The van der Waals surface area contributed by atoms with Crippen molar-refractivity contribution in [3.8, 4) is 0 Å². The highest BCUT2D eigenvalue weighted by Crippen LogP contribution is 1.83. The third-order valence-corrected chi connectivity index (χ3v) is 2.45. The van der Waals surface area contributed by atoms with E-state index in [1.54, 1.807) is 0 Å². The predicted octanol–water partition coefficient (Wildman–Crippen LogP) is -3.91. The van der Waals surface area contributed by atoms with Gasteiger partial charge in [0.05, 0.1) is 12.4 Å². The van der Waals surface area contributed by atoms with Gasteiger partial charge < -0.3 is 20.7 Å². The van der Waals surface area contributed by atoms with E-state index in [9.17, 15) is 14.1 Å². The molecule has 6 heteroatoms. The highest BCUT2D eigenvalue weighted by molar-refractivity contribution is 7.85. The van der Waals surface area contributed by atoms with Crippen LogP contribution in [0.5, 0.6) is 0 Å². The van der Waals surface area contributed by atoms with Crippen LogP contribution in [0.25, 0.3) is 0 Å². The number of carbonyl (C=O) groups excluding carboxylic acids is 1. The molecular weight excluding hydrogens is 170 g/mol. The van der Waals surface area contributed by atoms with Crippen LogP contribution in [0, 0.1) is 0 Å². The van der Waals surface area contributed by atoms with Crippen molar-refractivity contribution in [1.82, 2.24) is 0 Å². The zero-order valence-corrected chi connectivity index (χ0v) is 6.80. The number of hydrogen-bond acceptors (Lipinski definition) is 4. The quantitative estimate of drug-likeness (QED) is 0.452. The van der Waals surface area contributed by atoms with E-state index in [0.29, 0.717) is 0 Å². The molecular formula is C5H11NO4S. The Balaban J connectivity index is 3.66. The molecule has 0 aliphatic rings. The second kappa shape index (κ2) is 5.22. The normalized spacial score (nSPS) is 15.8. The topological polar surface area (TPSA) is 105 Å². The van der Waals surface area contributed by atoms with Gasteiger partial charge in [0.2, 0.25) is 0 Å². The number of aliphatic hydroxyl groups is 1. The van der Waals surface area contributed by atoms with E-state index in [0.717, 1.165) is 0 Å². The first kappa shape index (κ1) is 10.5. The van der Waals surface area contributed by atoms with Crippen LogP contribution in [0.1, 0.15) is 0 Å². The minimum atomic E-state index is -1.31. The molecule has 0 fully saturated rings. The molecule has 0 rings (SSSR count). The van der Waals surface area contributed by atoms with Gasteiger partial charge in [-0.2, -0.15) is 0 Å². The summed E-state index contributed by atoms with van der Waals surface area (Å²) in [7, 11) is -1.30. The average molecular weight is 181 g/mol. The molecule has 2 atom stereocenters. The van der Waals surface area contributed by atoms with E-state index in [1.165, 1.54) is 0 Å². The van der Waals surface area contributed by atoms with Crippen LogP contribution >= 0.6 is 0 Å². The van der Waals surface area contributed by atoms with Crippen LogP contribution in [0.2, 0.25) is 0 Å². The van der Waals surface area contributed by atoms with Crippen LogP contribution in [-0.4, -0.2) is 39.4 Å². The zero-order chi connectivity index (χ0) is 8.85. The molecule has 0 radical (unpaired) electrons. The van der Waals surface area contributed by atoms with E-state index in [1.807, 2.05) is 0 Å². The number of carboxylic acids is 1. The molecule has 0 unspecified atom stereocenters. The lowest BCUT2D eigenvalue weighted by Gasteiger charge is -2.07. The van der Waals surface area contributed by atoms with Crippen LogP contribution in [-0.2, 0) is 15.6 Å². The summed E-state index contributed by atoms with van der Waals surface area (Å²) in [5.41, 5.74) is 3.22. The van der Waals surface area contributed by atoms with Crippen molar-refractivity contribution in [2.45, 2.75) is 6.04 Å². The molecule has 11 heavy (non-hydrogen) atoms. The first-order chi connectivity index (χ1) is 5.07. The van der Waals surface area contributed by atoms with Crippen molar-refractivity contribution in [3.63, 3.8) is 0 Å². The third kappa shape index (κ3) is 4.88. The first-order valence-electron chi connectivity index (χ1n) is 3.07. The minimum absolute atomic E-state index is 0.0527. The van der Waals surface area contributed by atoms with Crippen molar-refractivity contribution in [3.05, 3.63) is 0 Å². The molecule has 5 nitrogen and oxygen atoms in total. The molecule has 0 aromatic carbocycles. The van der Waals surface area contributed by atoms with Crippen molar-refractivity contribution >= 4 is 16.8 Å². The number of aliphatic hydroxyl groups excluding tert-OH is 1. The lowest BCUT2D eigenvalue weighted by atomic mass is 10.4. The highest BCUT2D eigenvalue weighted by atomic mass is 32.2. The summed E-state index contributed by atoms with van der Waals surface area (Å²) in [6, 6.07) is -0.956. The molecule has 0 aromatic rings. The second-order valence-electron chi connectivity index (χ2n) is 2.05. The van der Waals surface area contributed by atoms with Crippen molar-refractivity contribution in [2.75, 3.05) is 18.1 Å². The largest absolute Gasteiger partial charge is 0.544 e. The van der Waals surface area contributed by atoms with Gasteiger partial charge >= 0.3 is 0 Å².